The quantitative estimate of drug-likeness (QED) is 0.357. The second-order valence-corrected chi connectivity index (χ2v) is 11.2. The maximum absolute atomic E-state index is 13.1. The molecule has 1 aliphatic rings. The molecule has 0 saturated carbocycles. The van der Waals surface area contributed by atoms with E-state index in [-0.39, 0.29) is 50.5 Å². The Bertz CT molecular complexity index is 1210. The number of terminal acetylenes is 1. The Morgan fingerprint density at radius 2 is 1.84 bits per heavy atom. The molecular formula is C27H36N4O5S. The van der Waals surface area contributed by atoms with Crippen molar-refractivity contribution in [1.82, 2.24) is 19.8 Å². The van der Waals surface area contributed by atoms with E-state index in [1.54, 1.807) is 0 Å². The van der Waals surface area contributed by atoms with Crippen molar-refractivity contribution < 1.29 is 23.1 Å². The lowest BCUT2D eigenvalue weighted by Gasteiger charge is -2.40. The fraction of sp³-hybridized carbons (Fsp3) is 0.481. The van der Waals surface area contributed by atoms with Crippen LogP contribution in [0.3, 0.4) is 0 Å². The van der Waals surface area contributed by atoms with Gasteiger partial charge >= 0.3 is 0 Å². The number of hydrogen-bond acceptors (Lipinski definition) is 6. The highest BCUT2D eigenvalue weighted by atomic mass is 32.2. The van der Waals surface area contributed by atoms with E-state index in [1.807, 2.05) is 12.1 Å². The third-order valence-electron chi connectivity index (χ3n) is 6.78. The van der Waals surface area contributed by atoms with E-state index < -0.39 is 21.8 Å². The zero-order valence-electron chi connectivity index (χ0n) is 21.2. The van der Waals surface area contributed by atoms with Crippen molar-refractivity contribution in [2.45, 2.75) is 38.3 Å². The van der Waals surface area contributed by atoms with Gasteiger partial charge in [0.25, 0.3) is 0 Å². The van der Waals surface area contributed by atoms with Crippen LogP contribution in [-0.4, -0.2) is 85.7 Å². The van der Waals surface area contributed by atoms with Crippen molar-refractivity contribution >= 4 is 32.6 Å². The van der Waals surface area contributed by atoms with Crippen molar-refractivity contribution in [3.05, 3.63) is 48.0 Å². The maximum atomic E-state index is 13.1. The molecular weight excluding hydrogens is 492 g/mol. The monoisotopic (exact) mass is 528 g/mol. The van der Waals surface area contributed by atoms with Gasteiger partial charge in [-0.2, -0.15) is 4.31 Å². The molecule has 3 N–H and O–H groups in total. The van der Waals surface area contributed by atoms with E-state index in [1.165, 1.54) is 20.6 Å². The highest BCUT2D eigenvalue weighted by Crippen LogP contribution is 2.31. The molecule has 1 atom stereocenters. The van der Waals surface area contributed by atoms with E-state index in [9.17, 15) is 23.1 Å². The molecule has 1 fully saturated rings. The summed E-state index contributed by atoms with van der Waals surface area (Å²) < 4.78 is 27.5. The van der Waals surface area contributed by atoms with Crippen LogP contribution in [0.25, 0.3) is 10.8 Å². The van der Waals surface area contributed by atoms with Crippen LogP contribution in [-0.2, 0) is 19.6 Å². The third-order valence-corrected chi connectivity index (χ3v) is 8.72. The first-order chi connectivity index (χ1) is 17.8. The van der Waals surface area contributed by atoms with Crippen molar-refractivity contribution in [3.8, 4) is 12.3 Å². The summed E-state index contributed by atoms with van der Waals surface area (Å²) in [6, 6.07) is 14.4. The zero-order chi connectivity index (χ0) is 26.8. The van der Waals surface area contributed by atoms with Gasteiger partial charge in [0.2, 0.25) is 21.8 Å². The predicted molar refractivity (Wildman–Crippen MR) is 144 cm³/mol. The number of amides is 2. The minimum atomic E-state index is -3.78. The molecule has 0 bridgehead atoms. The molecule has 1 aliphatic heterocycles. The van der Waals surface area contributed by atoms with Crippen LogP contribution in [0.5, 0.6) is 0 Å². The molecule has 0 aromatic heterocycles. The molecule has 2 aromatic rings. The van der Waals surface area contributed by atoms with Crippen LogP contribution < -0.4 is 10.6 Å². The number of rotatable bonds is 12. The average Bonchev–Trinajstić information content (AvgIpc) is 2.92. The average molecular weight is 529 g/mol. The summed E-state index contributed by atoms with van der Waals surface area (Å²) in [5, 5.41) is 16.5. The van der Waals surface area contributed by atoms with Gasteiger partial charge in [-0.1, -0.05) is 48.4 Å². The molecule has 0 radical (unpaired) electrons. The van der Waals surface area contributed by atoms with Gasteiger partial charge in [-0.25, -0.2) is 8.42 Å². The summed E-state index contributed by atoms with van der Waals surface area (Å²) in [6.45, 7) is 2.65. The van der Waals surface area contributed by atoms with E-state index in [2.05, 4.69) is 58.7 Å². The number of benzene rings is 2. The Hall–Kier alpha value is -2.97. The summed E-state index contributed by atoms with van der Waals surface area (Å²) >= 11 is 0. The molecule has 0 unspecified atom stereocenters. The molecule has 1 saturated heterocycles. The lowest BCUT2D eigenvalue weighted by molar-refractivity contribution is -0.126. The SMILES string of the molecule is C#CCNC(=O)CNC(=O)CN(C1CCN([C@H](C)c2cccc3ccccc23)CC1)S(=O)(=O)CCCO. The first-order valence-electron chi connectivity index (χ1n) is 12.6. The van der Waals surface area contributed by atoms with Crippen molar-refractivity contribution in [2.24, 2.45) is 0 Å². The van der Waals surface area contributed by atoms with Crippen LogP contribution >= 0.6 is 0 Å². The number of aliphatic hydroxyl groups excluding tert-OH is 1. The van der Waals surface area contributed by atoms with Crippen LogP contribution in [0.2, 0.25) is 0 Å². The van der Waals surface area contributed by atoms with Crippen molar-refractivity contribution in [3.63, 3.8) is 0 Å². The topological polar surface area (TPSA) is 119 Å². The van der Waals surface area contributed by atoms with Gasteiger partial charge in [-0.05, 0) is 42.5 Å². The van der Waals surface area contributed by atoms with Gasteiger partial charge in [0, 0.05) is 31.8 Å². The van der Waals surface area contributed by atoms with Gasteiger partial charge < -0.3 is 15.7 Å². The smallest absolute Gasteiger partial charge is 0.240 e. The minimum absolute atomic E-state index is 0.0478. The molecule has 1 heterocycles. The Morgan fingerprint density at radius 3 is 2.54 bits per heavy atom. The van der Waals surface area contributed by atoms with Crippen molar-refractivity contribution in [2.75, 3.05) is 45.1 Å². The normalized spacial score (nSPS) is 15.8. The summed E-state index contributed by atoms with van der Waals surface area (Å²) in [5.41, 5.74) is 1.23. The number of hydrogen-bond donors (Lipinski definition) is 3. The molecule has 2 amide bonds. The van der Waals surface area contributed by atoms with Crippen LogP contribution in [0.1, 0.15) is 37.8 Å². The number of piperidine rings is 1. The summed E-state index contributed by atoms with van der Waals surface area (Å²) in [6.07, 6.45) is 6.34. The fourth-order valence-corrected chi connectivity index (χ4v) is 6.49. The first-order valence-corrected chi connectivity index (χ1v) is 14.2. The van der Waals surface area contributed by atoms with Gasteiger partial charge in [-0.3, -0.25) is 14.5 Å². The fourth-order valence-electron chi connectivity index (χ4n) is 4.78. The van der Waals surface area contributed by atoms with Crippen molar-refractivity contribution in [1.29, 1.82) is 0 Å². The molecule has 0 spiro atoms. The largest absolute Gasteiger partial charge is 0.396 e. The Labute approximate surface area is 219 Å². The molecule has 9 nitrogen and oxygen atoms in total. The number of sulfonamides is 1. The molecule has 10 heteroatoms. The predicted octanol–water partition coefficient (Wildman–Crippen LogP) is 1.25. The highest BCUT2D eigenvalue weighted by Gasteiger charge is 2.35. The van der Waals surface area contributed by atoms with E-state index in [0.717, 1.165) is 0 Å². The summed E-state index contributed by atoms with van der Waals surface area (Å²) in [5.74, 6) is 1.02. The summed E-state index contributed by atoms with van der Waals surface area (Å²) in [7, 11) is -3.78. The van der Waals surface area contributed by atoms with E-state index in [4.69, 9.17) is 6.42 Å². The Kier molecular flexibility index (Phi) is 10.5. The standard InChI is InChI=1S/C27H36N4O5S/c1-3-14-28-26(33)19-29-27(34)20-31(37(35,36)18-7-17-32)23-12-15-30(16-13-23)21(2)24-11-6-9-22-8-4-5-10-25(22)24/h1,4-6,8-11,21,23,32H,7,12-20H2,2H3,(H,28,33)(H,29,34)/t21-/m1/s1. The zero-order valence-corrected chi connectivity index (χ0v) is 22.0. The molecule has 37 heavy (non-hydrogen) atoms. The number of nitrogens with one attached hydrogen (secondary N) is 2. The number of aliphatic hydroxyl groups is 1. The lowest BCUT2D eigenvalue weighted by atomic mass is 9.96. The van der Waals surface area contributed by atoms with Gasteiger partial charge in [-0.15, -0.1) is 6.42 Å². The number of carbonyl (C=O) groups excluding carboxylic acids is 2. The van der Waals surface area contributed by atoms with E-state index in [0.29, 0.717) is 25.9 Å². The number of likely N-dealkylation sites (tertiary alicyclic amines) is 1. The number of nitrogens with zero attached hydrogens (tertiary/aromatic N) is 2. The Balaban J connectivity index is 1.67. The third kappa shape index (κ3) is 7.76. The second kappa shape index (κ2) is 13.5. The van der Waals surface area contributed by atoms with E-state index >= 15 is 0 Å². The molecule has 200 valence electrons. The lowest BCUT2D eigenvalue weighted by Crippen LogP contribution is -2.52. The van der Waals surface area contributed by atoms with Gasteiger partial charge in [0.05, 0.1) is 25.4 Å². The highest BCUT2D eigenvalue weighted by molar-refractivity contribution is 7.89. The molecule has 3 rings (SSSR count). The number of fused-ring (bicyclic) bond motifs is 1. The molecule has 2 aromatic carbocycles. The summed E-state index contributed by atoms with van der Waals surface area (Å²) in [4.78, 5) is 26.7. The van der Waals surface area contributed by atoms with Gasteiger partial charge in [0.15, 0.2) is 0 Å². The molecule has 0 aliphatic carbocycles. The second-order valence-electron chi connectivity index (χ2n) is 9.21. The Morgan fingerprint density at radius 1 is 1.14 bits per heavy atom. The van der Waals surface area contributed by atoms with Crippen LogP contribution in [0, 0.1) is 12.3 Å². The van der Waals surface area contributed by atoms with Crippen LogP contribution in [0.4, 0.5) is 0 Å². The van der Waals surface area contributed by atoms with Crippen LogP contribution in [0.15, 0.2) is 42.5 Å². The minimum Gasteiger partial charge on any atom is -0.396 e. The maximum Gasteiger partial charge on any atom is 0.240 e. The number of carbonyl (C=O) groups is 2. The first kappa shape index (κ1) is 28.6. The van der Waals surface area contributed by atoms with Gasteiger partial charge in [0.1, 0.15) is 0 Å².